The fraction of sp³-hybridized carbons (Fsp3) is 1.00. The standard InChI is InChI=1S/C6H11FO3S/c7-5-1-3-6(4-2-5)10-11(8)9/h5-6H,1-4H2,(H,8,9)/p-1. The number of alkyl halides is 1. The van der Waals surface area contributed by atoms with Crippen molar-refractivity contribution in [3.63, 3.8) is 0 Å². The first kappa shape index (κ1) is 9.09. The summed E-state index contributed by atoms with van der Waals surface area (Å²) in [7, 11) is 0. The Morgan fingerprint density at radius 3 is 2.36 bits per heavy atom. The van der Waals surface area contributed by atoms with Crippen LogP contribution >= 0.6 is 0 Å². The van der Waals surface area contributed by atoms with Gasteiger partial charge in [0, 0.05) is 0 Å². The molecule has 1 unspecified atom stereocenters. The maximum Gasteiger partial charge on any atom is 0.100 e. The lowest BCUT2D eigenvalue weighted by molar-refractivity contribution is 0.115. The summed E-state index contributed by atoms with van der Waals surface area (Å²) in [4.78, 5) is 0. The van der Waals surface area contributed by atoms with Gasteiger partial charge in [0.25, 0.3) is 0 Å². The largest absolute Gasteiger partial charge is 0.750 e. The maximum atomic E-state index is 12.5. The first-order valence-electron chi connectivity index (χ1n) is 3.59. The van der Waals surface area contributed by atoms with E-state index in [1.807, 2.05) is 0 Å². The van der Waals surface area contributed by atoms with Crippen LogP contribution in [0.15, 0.2) is 0 Å². The van der Waals surface area contributed by atoms with Gasteiger partial charge in [-0.3, -0.25) is 4.18 Å². The Morgan fingerprint density at radius 1 is 1.36 bits per heavy atom. The molecule has 1 fully saturated rings. The summed E-state index contributed by atoms with van der Waals surface area (Å²) in [5.41, 5.74) is 0. The number of rotatable bonds is 2. The van der Waals surface area contributed by atoms with Gasteiger partial charge >= 0.3 is 0 Å². The Kier molecular flexibility index (Phi) is 3.42. The molecule has 0 N–H and O–H groups in total. The van der Waals surface area contributed by atoms with E-state index in [0.717, 1.165) is 0 Å². The molecule has 0 spiro atoms. The van der Waals surface area contributed by atoms with Crippen LogP contribution in [0.25, 0.3) is 0 Å². The lowest BCUT2D eigenvalue weighted by atomic mass is 9.96. The summed E-state index contributed by atoms with van der Waals surface area (Å²) in [6.45, 7) is 0. The minimum absolute atomic E-state index is 0.291. The third kappa shape index (κ3) is 3.27. The molecule has 0 aliphatic heterocycles. The van der Waals surface area contributed by atoms with Gasteiger partial charge in [0.2, 0.25) is 0 Å². The van der Waals surface area contributed by atoms with Gasteiger partial charge in [-0.2, -0.15) is 0 Å². The van der Waals surface area contributed by atoms with E-state index in [1.54, 1.807) is 0 Å². The second kappa shape index (κ2) is 4.13. The second-order valence-electron chi connectivity index (χ2n) is 2.67. The van der Waals surface area contributed by atoms with Gasteiger partial charge in [-0.1, -0.05) is 0 Å². The molecule has 1 aliphatic rings. The smallest absolute Gasteiger partial charge is 0.100 e. The zero-order chi connectivity index (χ0) is 8.27. The summed E-state index contributed by atoms with van der Waals surface area (Å²) in [6, 6.07) is 0. The van der Waals surface area contributed by atoms with Crippen LogP contribution in [0.5, 0.6) is 0 Å². The highest BCUT2D eigenvalue weighted by molar-refractivity contribution is 7.74. The second-order valence-corrected chi connectivity index (χ2v) is 3.28. The van der Waals surface area contributed by atoms with Crippen LogP contribution in [0.4, 0.5) is 4.39 Å². The monoisotopic (exact) mass is 181 g/mol. The van der Waals surface area contributed by atoms with E-state index in [-0.39, 0.29) is 6.10 Å². The van der Waals surface area contributed by atoms with E-state index in [9.17, 15) is 13.2 Å². The van der Waals surface area contributed by atoms with E-state index in [2.05, 4.69) is 4.18 Å². The minimum Gasteiger partial charge on any atom is -0.750 e. The molecule has 0 bridgehead atoms. The van der Waals surface area contributed by atoms with Gasteiger partial charge in [0.1, 0.15) is 6.17 Å². The van der Waals surface area contributed by atoms with Crippen molar-refractivity contribution in [3.8, 4) is 0 Å². The van der Waals surface area contributed by atoms with Crippen molar-refractivity contribution in [2.45, 2.75) is 38.0 Å². The lowest BCUT2D eigenvalue weighted by Gasteiger charge is -2.24. The van der Waals surface area contributed by atoms with Crippen LogP contribution in [-0.2, 0) is 15.5 Å². The Labute approximate surface area is 67.4 Å². The SMILES string of the molecule is O=S([O-])OC1CCC(F)CC1. The molecule has 5 heteroatoms. The first-order valence-corrected chi connectivity index (χ1v) is 4.59. The van der Waals surface area contributed by atoms with Crippen LogP contribution in [-0.4, -0.2) is 21.0 Å². The van der Waals surface area contributed by atoms with E-state index in [4.69, 9.17) is 0 Å². The predicted molar refractivity (Wildman–Crippen MR) is 37.2 cm³/mol. The molecule has 0 heterocycles. The van der Waals surface area contributed by atoms with Crippen molar-refractivity contribution in [1.82, 2.24) is 0 Å². The Hall–Kier alpha value is -0.0000000000000000555. The Balaban J connectivity index is 2.22. The molecule has 0 amide bonds. The molecule has 1 saturated carbocycles. The van der Waals surface area contributed by atoms with E-state index >= 15 is 0 Å². The minimum atomic E-state index is -2.45. The third-order valence-electron chi connectivity index (χ3n) is 1.82. The topological polar surface area (TPSA) is 49.4 Å². The predicted octanol–water partition coefficient (Wildman–Crippen LogP) is 1.08. The highest BCUT2D eigenvalue weighted by atomic mass is 32.2. The summed E-state index contributed by atoms with van der Waals surface area (Å²) < 4.78 is 37.0. The maximum absolute atomic E-state index is 12.5. The molecule has 1 atom stereocenters. The van der Waals surface area contributed by atoms with Gasteiger partial charge in [-0.25, -0.2) is 8.60 Å². The van der Waals surface area contributed by atoms with E-state index < -0.39 is 17.5 Å². The molecule has 1 aliphatic carbocycles. The zero-order valence-electron chi connectivity index (χ0n) is 5.99. The third-order valence-corrected chi connectivity index (χ3v) is 2.25. The van der Waals surface area contributed by atoms with Crippen LogP contribution < -0.4 is 0 Å². The highest BCUT2D eigenvalue weighted by Crippen LogP contribution is 2.23. The molecule has 1 rings (SSSR count). The molecule has 0 saturated heterocycles. The average molecular weight is 181 g/mol. The quantitative estimate of drug-likeness (QED) is 0.599. The molecule has 3 nitrogen and oxygen atoms in total. The molecule has 0 radical (unpaired) electrons. The van der Waals surface area contributed by atoms with Crippen molar-refractivity contribution in [2.24, 2.45) is 0 Å². The summed E-state index contributed by atoms with van der Waals surface area (Å²) in [5, 5.41) is 0. The molecule has 0 aromatic carbocycles. The molecule has 66 valence electrons. The van der Waals surface area contributed by atoms with Gasteiger partial charge in [0.15, 0.2) is 0 Å². The molecule has 0 aromatic rings. The first-order chi connectivity index (χ1) is 5.18. The molecule has 0 aromatic heterocycles. The summed E-state index contributed by atoms with van der Waals surface area (Å²) in [5.74, 6) is 0. The van der Waals surface area contributed by atoms with Crippen LogP contribution in [0, 0.1) is 0 Å². The van der Waals surface area contributed by atoms with E-state index in [1.165, 1.54) is 0 Å². The Bertz CT molecular complexity index is 145. The number of halogens is 1. The van der Waals surface area contributed by atoms with Gasteiger partial charge in [-0.05, 0) is 25.7 Å². The molecule has 11 heavy (non-hydrogen) atoms. The summed E-state index contributed by atoms with van der Waals surface area (Å²) >= 11 is -2.45. The molecular formula is C6H10FO3S-. The van der Waals surface area contributed by atoms with Crippen LogP contribution in [0.2, 0.25) is 0 Å². The van der Waals surface area contributed by atoms with Crippen molar-refractivity contribution >= 4 is 11.4 Å². The highest BCUT2D eigenvalue weighted by Gasteiger charge is 2.21. The average Bonchev–Trinajstić information content (AvgIpc) is 1.93. The Morgan fingerprint density at radius 2 is 1.91 bits per heavy atom. The number of hydrogen-bond acceptors (Lipinski definition) is 3. The van der Waals surface area contributed by atoms with E-state index in [0.29, 0.717) is 25.7 Å². The van der Waals surface area contributed by atoms with Crippen molar-refractivity contribution < 1.29 is 17.3 Å². The van der Waals surface area contributed by atoms with Crippen molar-refractivity contribution in [3.05, 3.63) is 0 Å². The van der Waals surface area contributed by atoms with Crippen molar-refractivity contribution in [2.75, 3.05) is 0 Å². The van der Waals surface area contributed by atoms with Crippen LogP contribution in [0.1, 0.15) is 25.7 Å². The molecular weight excluding hydrogens is 171 g/mol. The van der Waals surface area contributed by atoms with Crippen molar-refractivity contribution in [1.29, 1.82) is 0 Å². The zero-order valence-corrected chi connectivity index (χ0v) is 6.81. The normalized spacial score (nSPS) is 35.1. The fourth-order valence-corrected chi connectivity index (χ4v) is 1.64. The van der Waals surface area contributed by atoms with Gasteiger partial charge < -0.3 is 4.55 Å². The number of hydrogen-bond donors (Lipinski definition) is 0. The lowest BCUT2D eigenvalue weighted by Crippen LogP contribution is -2.22. The summed E-state index contributed by atoms with van der Waals surface area (Å²) in [6.07, 6.45) is 0.795. The van der Waals surface area contributed by atoms with Crippen LogP contribution in [0.3, 0.4) is 0 Å². The fourth-order valence-electron chi connectivity index (χ4n) is 1.23. The van der Waals surface area contributed by atoms with Gasteiger partial charge in [0.05, 0.1) is 17.5 Å². The van der Waals surface area contributed by atoms with Gasteiger partial charge in [-0.15, -0.1) is 0 Å².